The van der Waals surface area contributed by atoms with E-state index in [4.69, 9.17) is 0 Å². The molecule has 1 heterocycles. The summed E-state index contributed by atoms with van der Waals surface area (Å²) in [6.07, 6.45) is 0. The van der Waals surface area contributed by atoms with Crippen molar-refractivity contribution in [2.24, 2.45) is 0 Å². The van der Waals surface area contributed by atoms with Gasteiger partial charge in [0.15, 0.2) is 0 Å². The molecule has 1 saturated heterocycles. The normalized spacial score (nSPS) is 13.7. The number of amides is 4. The number of nitrogens with zero attached hydrogens (tertiary/aromatic N) is 2. The average molecular weight is 385 g/mol. The molecule has 1 fully saturated rings. The highest BCUT2D eigenvalue weighted by Crippen LogP contribution is 2.22. The second-order valence-electron chi connectivity index (χ2n) is 6.68. The van der Waals surface area contributed by atoms with Crippen molar-refractivity contribution in [1.29, 1.82) is 0 Å². The first-order valence-corrected chi connectivity index (χ1v) is 9.24. The van der Waals surface area contributed by atoms with Gasteiger partial charge in [-0.25, -0.2) is 4.79 Å². The van der Waals surface area contributed by atoms with Crippen LogP contribution in [0.4, 0.5) is 16.2 Å². The monoisotopic (exact) mass is 385 g/mol. The molecule has 0 aromatic heterocycles. The molecule has 0 aliphatic carbocycles. The molecule has 6 nitrogen and oxygen atoms in total. The highest BCUT2D eigenvalue weighted by molar-refractivity contribution is 6.14. The van der Waals surface area contributed by atoms with Crippen LogP contribution < -0.4 is 10.2 Å². The molecule has 0 unspecified atom stereocenters. The maximum atomic E-state index is 12.6. The summed E-state index contributed by atoms with van der Waals surface area (Å²) in [7, 11) is 0. The number of para-hydroxylation sites is 1. The molecule has 1 N–H and O–H groups in total. The first-order valence-electron chi connectivity index (χ1n) is 9.24. The largest absolute Gasteiger partial charge is 0.332 e. The van der Waals surface area contributed by atoms with Gasteiger partial charge in [0.05, 0.1) is 0 Å². The van der Waals surface area contributed by atoms with Gasteiger partial charge in [0, 0.05) is 11.4 Å². The Bertz CT molecular complexity index is 1030. The second kappa shape index (κ2) is 7.98. The van der Waals surface area contributed by atoms with Crippen molar-refractivity contribution in [3.8, 4) is 11.1 Å². The van der Waals surface area contributed by atoms with Gasteiger partial charge in [-0.15, -0.1) is 0 Å². The molecule has 4 amide bonds. The van der Waals surface area contributed by atoms with Gasteiger partial charge in [0.1, 0.15) is 13.1 Å². The van der Waals surface area contributed by atoms with E-state index in [0.717, 1.165) is 16.0 Å². The van der Waals surface area contributed by atoms with Crippen molar-refractivity contribution < 1.29 is 14.4 Å². The SMILES string of the molecule is O=C(CN1C(=O)CN(c2ccccc2)C1=O)Nc1ccc(-c2ccccc2)cc1. The summed E-state index contributed by atoms with van der Waals surface area (Å²) >= 11 is 0. The lowest BCUT2D eigenvalue weighted by molar-refractivity contribution is -0.128. The highest BCUT2D eigenvalue weighted by Gasteiger charge is 2.37. The van der Waals surface area contributed by atoms with Crippen LogP contribution in [0, 0.1) is 0 Å². The summed E-state index contributed by atoms with van der Waals surface area (Å²) < 4.78 is 0. The number of benzene rings is 3. The zero-order chi connectivity index (χ0) is 20.2. The van der Waals surface area contributed by atoms with E-state index < -0.39 is 17.8 Å². The predicted molar refractivity (Wildman–Crippen MR) is 111 cm³/mol. The molecule has 0 spiro atoms. The second-order valence-corrected chi connectivity index (χ2v) is 6.68. The van der Waals surface area contributed by atoms with Gasteiger partial charge in [-0.3, -0.25) is 19.4 Å². The molecule has 1 aliphatic rings. The highest BCUT2D eigenvalue weighted by atomic mass is 16.2. The van der Waals surface area contributed by atoms with Gasteiger partial charge in [-0.1, -0.05) is 60.7 Å². The van der Waals surface area contributed by atoms with Crippen molar-refractivity contribution >= 4 is 29.2 Å². The number of anilines is 2. The lowest BCUT2D eigenvalue weighted by Gasteiger charge is -2.17. The fourth-order valence-corrected chi connectivity index (χ4v) is 3.23. The lowest BCUT2D eigenvalue weighted by atomic mass is 10.1. The van der Waals surface area contributed by atoms with Crippen LogP contribution in [0.5, 0.6) is 0 Å². The number of imide groups is 1. The van der Waals surface area contributed by atoms with Crippen LogP contribution in [-0.2, 0) is 9.59 Å². The molecule has 1 aliphatic heterocycles. The van der Waals surface area contributed by atoms with E-state index in [1.807, 2.05) is 48.5 Å². The van der Waals surface area contributed by atoms with Crippen LogP contribution in [0.1, 0.15) is 0 Å². The van der Waals surface area contributed by atoms with Gasteiger partial charge < -0.3 is 5.32 Å². The number of urea groups is 1. The Morgan fingerprint density at radius 1 is 0.793 bits per heavy atom. The number of nitrogens with one attached hydrogen (secondary N) is 1. The van der Waals surface area contributed by atoms with Crippen LogP contribution in [0.2, 0.25) is 0 Å². The van der Waals surface area contributed by atoms with E-state index in [1.165, 1.54) is 4.90 Å². The smallest absolute Gasteiger partial charge is 0.325 e. The van der Waals surface area contributed by atoms with Crippen molar-refractivity contribution in [2.75, 3.05) is 23.3 Å². The van der Waals surface area contributed by atoms with Gasteiger partial charge >= 0.3 is 6.03 Å². The Labute approximate surface area is 168 Å². The number of hydrogen-bond acceptors (Lipinski definition) is 3. The third kappa shape index (κ3) is 4.01. The standard InChI is InChI=1S/C23H19N3O3/c27-21(24-19-13-11-18(12-14-19)17-7-3-1-4-8-17)15-26-22(28)16-25(23(26)29)20-9-5-2-6-10-20/h1-14H,15-16H2,(H,24,27). The van der Waals surface area contributed by atoms with E-state index >= 15 is 0 Å². The van der Waals surface area contributed by atoms with Gasteiger partial charge in [0.25, 0.3) is 5.91 Å². The van der Waals surface area contributed by atoms with E-state index in [0.29, 0.717) is 11.4 Å². The van der Waals surface area contributed by atoms with Crippen molar-refractivity contribution in [2.45, 2.75) is 0 Å². The summed E-state index contributed by atoms with van der Waals surface area (Å²) in [5.41, 5.74) is 3.35. The summed E-state index contributed by atoms with van der Waals surface area (Å²) in [5.74, 6) is -0.817. The molecule has 0 saturated carbocycles. The topological polar surface area (TPSA) is 69.7 Å². The molecule has 29 heavy (non-hydrogen) atoms. The lowest BCUT2D eigenvalue weighted by Crippen LogP contribution is -2.39. The minimum Gasteiger partial charge on any atom is -0.325 e. The van der Waals surface area contributed by atoms with Gasteiger partial charge in [0.2, 0.25) is 5.91 Å². The molecule has 0 atom stereocenters. The Morgan fingerprint density at radius 3 is 2.03 bits per heavy atom. The summed E-state index contributed by atoms with van der Waals surface area (Å²) in [5, 5.41) is 2.74. The van der Waals surface area contributed by atoms with Crippen LogP contribution >= 0.6 is 0 Å². The molecule has 3 aromatic carbocycles. The molecule has 144 valence electrons. The quantitative estimate of drug-likeness (QED) is 0.680. The zero-order valence-electron chi connectivity index (χ0n) is 15.6. The summed E-state index contributed by atoms with van der Waals surface area (Å²) in [6.45, 7) is -0.386. The zero-order valence-corrected chi connectivity index (χ0v) is 15.6. The molecule has 3 aromatic rings. The van der Waals surface area contributed by atoms with Crippen LogP contribution in [0.3, 0.4) is 0 Å². The predicted octanol–water partition coefficient (Wildman–Crippen LogP) is 3.76. The summed E-state index contributed by atoms with van der Waals surface area (Å²) in [4.78, 5) is 39.5. The Kier molecular flexibility index (Phi) is 5.07. The van der Waals surface area contributed by atoms with Crippen LogP contribution in [0.15, 0.2) is 84.9 Å². The van der Waals surface area contributed by atoms with Crippen LogP contribution in [0.25, 0.3) is 11.1 Å². The van der Waals surface area contributed by atoms with E-state index in [-0.39, 0.29) is 13.1 Å². The minimum atomic E-state index is -0.490. The molecule has 4 rings (SSSR count). The van der Waals surface area contributed by atoms with E-state index in [2.05, 4.69) is 5.32 Å². The van der Waals surface area contributed by atoms with Crippen molar-refractivity contribution in [3.05, 3.63) is 84.9 Å². The van der Waals surface area contributed by atoms with Gasteiger partial charge in [-0.2, -0.15) is 0 Å². The molecule has 6 heteroatoms. The molecule has 0 radical (unpaired) electrons. The van der Waals surface area contributed by atoms with Crippen LogP contribution in [-0.4, -0.2) is 35.8 Å². The molecule has 0 bridgehead atoms. The Balaban J connectivity index is 1.39. The first-order chi connectivity index (χ1) is 14.1. The first kappa shape index (κ1) is 18.4. The van der Waals surface area contributed by atoms with Crippen molar-refractivity contribution in [1.82, 2.24) is 4.90 Å². The average Bonchev–Trinajstić information content (AvgIpc) is 3.04. The molecular formula is C23H19N3O3. The third-order valence-corrected chi connectivity index (χ3v) is 4.70. The number of rotatable bonds is 5. The Morgan fingerprint density at radius 2 is 1.38 bits per heavy atom. The molecular weight excluding hydrogens is 366 g/mol. The fraction of sp³-hybridized carbons (Fsp3) is 0.0870. The maximum Gasteiger partial charge on any atom is 0.332 e. The summed E-state index contributed by atoms with van der Waals surface area (Å²) in [6, 6.07) is 25.8. The maximum absolute atomic E-state index is 12.6. The Hall–Kier alpha value is -3.93. The van der Waals surface area contributed by atoms with Crippen molar-refractivity contribution in [3.63, 3.8) is 0 Å². The third-order valence-electron chi connectivity index (χ3n) is 4.70. The van der Waals surface area contributed by atoms with E-state index in [9.17, 15) is 14.4 Å². The number of carbonyl (C=O) groups is 3. The van der Waals surface area contributed by atoms with E-state index in [1.54, 1.807) is 36.4 Å². The number of hydrogen-bond donors (Lipinski definition) is 1. The minimum absolute atomic E-state index is 0.0676. The fourth-order valence-electron chi connectivity index (χ4n) is 3.23. The number of carbonyl (C=O) groups excluding carboxylic acids is 3. The van der Waals surface area contributed by atoms with Gasteiger partial charge in [-0.05, 0) is 35.4 Å².